The first kappa shape index (κ1) is 16.9. The summed E-state index contributed by atoms with van der Waals surface area (Å²) in [4.78, 5) is 37.9. The summed E-state index contributed by atoms with van der Waals surface area (Å²) in [6.07, 6.45) is 2.04. The van der Waals surface area contributed by atoms with E-state index >= 15 is 0 Å². The molecule has 0 bridgehead atoms. The van der Waals surface area contributed by atoms with Crippen molar-refractivity contribution in [1.29, 1.82) is 0 Å². The van der Waals surface area contributed by atoms with Crippen LogP contribution in [0.1, 0.15) is 40.7 Å². The fraction of sp³-hybridized carbons (Fsp3) is 0.550. The Morgan fingerprint density at radius 3 is 2.85 bits per heavy atom. The third-order valence-electron chi connectivity index (χ3n) is 6.42. The zero-order valence-electron chi connectivity index (χ0n) is 15.2. The molecule has 7 nitrogen and oxygen atoms in total. The molecular formula is C20H24N4O3. The van der Waals surface area contributed by atoms with E-state index in [0.717, 1.165) is 42.6 Å². The number of hydrogen-bond acceptors (Lipinski definition) is 5. The summed E-state index contributed by atoms with van der Waals surface area (Å²) in [6.45, 7) is 3.27. The molecule has 3 heterocycles. The van der Waals surface area contributed by atoms with E-state index in [0.29, 0.717) is 24.6 Å². The van der Waals surface area contributed by atoms with Crippen LogP contribution in [-0.2, 0) is 22.7 Å². The maximum atomic E-state index is 12.8. The maximum absolute atomic E-state index is 12.8. The first-order valence-electron chi connectivity index (χ1n) is 9.81. The number of piperidine rings is 2. The van der Waals surface area contributed by atoms with E-state index in [1.54, 1.807) is 4.90 Å². The van der Waals surface area contributed by atoms with Gasteiger partial charge in [-0.3, -0.25) is 19.7 Å². The number of nitrogens with zero attached hydrogens (tertiary/aromatic N) is 1. The molecule has 1 unspecified atom stereocenters. The molecule has 0 aromatic heterocycles. The summed E-state index contributed by atoms with van der Waals surface area (Å²) >= 11 is 0. The average molecular weight is 368 g/mol. The molecule has 1 aromatic carbocycles. The number of rotatable bonds is 5. The van der Waals surface area contributed by atoms with E-state index in [-0.39, 0.29) is 24.1 Å². The normalized spacial score (nSPS) is 31.7. The van der Waals surface area contributed by atoms with Gasteiger partial charge in [0, 0.05) is 37.7 Å². The minimum Gasteiger partial charge on any atom is -0.322 e. The molecule has 4 atom stereocenters. The second-order valence-corrected chi connectivity index (χ2v) is 8.20. The molecular weight excluding hydrogens is 344 g/mol. The Hall–Kier alpha value is -2.25. The van der Waals surface area contributed by atoms with Gasteiger partial charge < -0.3 is 15.5 Å². The lowest BCUT2D eigenvalue weighted by Gasteiger charge is -2.29. The standard InChI is InChI=1S/C20H24N4O3/c25-18-4-3-17(19(26)23-18)24-10-12-2-1-11(5-15(12)20(24)27)7-21-9-16-14-6-13(14)8-22-16/h1-2,5,13-14,16-17,21-22H,3-4,6-10H2,(H,23,25,26)/t13-,14-,16+,17?/m0/s1. The number of carbonyl (C=O) groups is 3. The number of fused-ring (bicyclic) bond motifs is 2. The topological polar surface area (TPSA) is 90.5 Å². The Bertz CT molecular complexity index is 823. The third-order valence-corrected chi connectivity index (χ3v) is 6.42. The monoisotopic (exact) mass is 368 g/mol. The highest BCUT2D eigenvalue weighted by Gasteiger charge is 2.47. The third kappa shape index (κ3) is 3.04. The molecule has 0 spiro atoms. The second-order valence-electron chi connectivity index (χ2n) is 8.20. The number of imide groups is 1. The largest absolute Gasteiger partial charge is 0.322 e. The zero-order valence-corrected chi connectivity index (χ0v) is 15.2. The van der Waals surface area contributed by atoms with E-state index in [9.17, 15) is 14.4 Å². The van der Waals surface area contributed by atoms with Crippen LogP contribution in [0.4, 0.5) is 0 Å². The van der Waals surface area contributed by atoms with Gasteiger partial charge in [0.15, 0.2) is 0 Å². The van der Waals surface area contributed by atoms with Crippen LogP contribution in [0.15, 0.2) is 18.2 Å². The van der Waals surface area contributed by atoms with Crippen LogP contribution >= 0.6 is 0 Å². The molecule has 5 rings (SSSR count). The Labute approximate surface area is 157 Å². The first-order valence-corrected chi connectivity index (χ1v) is 9.81. The number of nitrogens with one attached hydrogen (secondary N) is 3. The minimum absolute atomic E-state index is 0.111. The highest BCUT2D eigenvalue weighted by atomic mass is 16.2. The van der Waals surface area contributed by atoms with Crippen molar-refractivity contribution in [2.75, 3.05) is 13.1 Å². The summed E-state index contributed by atoms with van der Waals surface area (Å²) < 4.78 is 0. The molecule has 4 aliphatic rings. The van der Waals surface area contributed by atoms with Gasteiger partial charge in [-0.15, -0.1) is 0 Å². The summed E-state index contributed by atoms with van der Waals surface area (Å²) in [6, 6.07) is 6.01. The Balaban J connectivity index is 1.22. The van der Waals surface area contributed by atoms with Crippen LogP contribution in [0.25, 0.3) is 0 Å². The summed E-state index contributed by atoms with van der Waals surface area (Å²) in [5.74, 6) is 1.01. The van der Waals surface area contributed by atoms with Crippen LogP contribution in [0.2, 0.25) is 0 Å². The molecule has 1 saturated carbocycles. The van der Waals surface area contributed by atoms with E-state index in [4.69, 9.17) is 0 Å². The number of benzene rings is 1. The van der Waals surface area contributed by atoms with Gasteiger partial charge in [-0.2, -0.15) is 0 Å². The zero-order chi connectivity index (χ0) is 18.5. The van der Waals surface area contributed by atoms with Crippen molar-refractivity contribution in [3.8, 4) is 0 Å². The van der Waals surface area contributed by atoms with Crippen LogP contribution in [0.3, 0.4) is 0 Å². The number of amides is 3. The van der Waals surface area contributed by atoms with Crippen LogP contribution in [-0.4, -0.2) is 47.8 Å². The van der Waals surface area contributed by atoms with Crippen molar-refractivity contribution in [3.05, 3.63) is 34.9 Å². The molecule has 3 aliphatic heterocycles. The molecule has 27 heavy (non-hydrogen) atoms. The van der Waals surface area contributed by atoms with Crippen molar-refractivity contribution in [2.24, 2.45) is 11.8 Å². The quantitative estimate of drug-likeness (QED) is 0.644. The first-order chi connectivity index (χ1) is 13.1. The molecule has 3 fully saturated rings. The average Bonchev–Trinajstić information content (AvgIpc) is 3.22. The lowest BCUT2D eigenvalue weighted by Crippen LogP contribution is -2.52. The molecule has 0 radical (unpaired) electrons. The smallest absolute Gasteiger partial charge is 0.255 e. The van der Waals surface area contributed by atoms with E-state index in [1.165, 1.54) is 6.42 Å². The Morgan fingerprint density at radius 2 is 2.11 bits per heavy atom. The second kappa shape index (κ2) is 6.42. The molecule has 7 heteroatoms. The number of hydrogen-bond donors (Lipinski definition) is 3. The SMILES string of the molecule is O=C1CCC(N2Cc3ccc(CNC[C@H]4NC[C@@H]5C[C@@H]54)cc3C2=O)C(=O)N1. The van der Waals surface area contributed by atoms with Crippen molar-refractivity contribution in [3.63, 3.8) is 0 Å². The molecule has 2 saturated heterocycles. The fourth-order valence-electron chi connectivity index (χ4n) is 4.76. The van der Waals surface area contributed by atoms with Crippen molar-refractivity contribution < 1.29 is 14.4 Å². The van der Waals surface area contributed by atoms with Gasteiger partial charge in [-0.05, 0) is 48.4 Å². The predicted octanol–water partition coefficient (Wildman–Crippen LogP) is 0.145. The summed E-state index contributed by atoms with van der Waals surface area (Å²) in [7, 11) is 0. The maximum Gasteiger partial charge on any atom is 0.255 e. The highest BCUT2D eigenvalue weighted by molar-refractivity contribution is 6.05. The minimum atomic E-state index is -0.552. The van der Waals surface area contributed by atoms with Gasteiger partial charge >= 0.3 is 0 Å². The van der Waals surface area contributed by atoms with Crippen molar-refractivity contribution >= 4 is 17.7 Å². The van der Waals surface area contributed by atoms with Crippen molar-refractivity contribution in [1.82, 2.24) is 20.9 Å². The molecule has 1 aliphatic carbocycles. The van der Waals surface area contributed by atoms with Gasteiger partial charge in [0.05, 0.1) is 0 Å². The van der Waals surface area contributed by atoms with Crippen LogP contribution < -0.4 is 16.0 Å². The molecule has 1 aromatic rings. The van der Waals surface area contributed by atoms with Gasteiger partial charge in [0.2, 0.25) is 11.8 Å². The predicted molar refractivity (Wildman–Crippen MR) is 97.6 cm³/mol. The molecule has 3 amide bonds. The van der Waals surface area contributed by atoms with Crippen LogP contribution in [0, 0.1) is 11.8 Å². The van der Waals surface area contributed by atoms with Gasteiger partial charge in [0.25, 0.3) is 5.91 Å². The van der Waals surface area contributed by atoms with Gasteiger partial charge in [-0.25, -0.2) is 0 Å². The lowest BCUT2D eigenvalue weighted by atomic mass is 10.0. The Morgan fingerprint density at radius 1 is 1.22 bits per heavy atom. The fourth-order valence-corrected chi connectivity index (χ4v) is 4.76. The van der Waals surface area contributed by atoms with E-state index in [1.807, 2.05) is 12.1 Å². The lowest BCUT2D eigenvalue weighted by molar-refractivity contribution is -0.136. The van der Waals surface area contributed by atoms with Crippen LogP contribution in [0.5, 0.6) is 0 Å². The van der Waals surface area contributed by atoms with Crippen molar-refractivity contribution in [2.45, 2.75) is 44.4 Å². The number of carbonyl (C=O) groups excluding carboxylic acids is 3. The Kier molecular flexibility index (Phi) is 4.02. The summed E-state index contributed by atoms with van der Waals surface area (Å²) in [5, 5.41) is 9.40. The van der Waals surface area contributed by atoms with Gasteiger partial charge in [0.1, 0.15) is 6.04 Å². The van der Waals surface area contributed by atoms with E-state index < -0.39 is 6.04 Å². The highest BCUT2D eigenvalue weighted by Crippen LogP contribution is 2.44. The van der Waals surface area contributed by atoms with Gasteiger partial charge in [-0.1, -0.05) is 12.1 Å². The molecule has 142 valence electrons. The van der Waals surface area contributed by atoms with E-state index in [2.05, 4.69) is 22.0 Å². The molecule has 3 N–H and O–H groups in total. The summed E-state index contributed by atoms with van der Waals surface area (Å²) in [5.41, 5.74) is 2.71.